The van der Waals surface area contributed by atoms with Gasteiger partial charge in [-0.2, -0.15) is 0 Å². The SMILES string of the molecule is NC(=O)N[C@H](CC(=O)[O-])c1cccc(Br)c1. The summed E-state index contributed by atoms with van der Waals surface area (Å²) in [5.74, 6) is -1.25. The molecule has 0 aromatic heterocycles. The zero-order chi connectivity index (χ0) is 12.1. The summed E-state index contributed by atoms with van der Waals surface area (Å²) in [7, 11) is 0. The predicted molar refractivity (Wildman–Crippen MR) is 59.2 cm³/mol. The Morgan fingerprint density at radius 3 is 2.69 bits per heavy atom. The summed E-state index contributed by atoms with van der Waals surface area (Å²) >= 11 is 3.26. The number of carboxylic acid groups (broad SMARTS) is 1. The van der Waals surface area contributed by atoms with Crippen molar-refractivity contribution >= 4 is 27.9 Å². The number of carbonyl (C=O) groups is 2. The molecule has 0 spiro atoms. The van der Waals surface area contributed by atoms with Gasteiger partial charge in [-0.1, -0.05) is 28.1 Å². The quantitative estimate of drug-likeness (QED) is 0.833. The van der Waals surface area contributed by atoms with E-state index in [-0.39, 0.29) is 6.42 Å². The first-order chi connectivity index (χ1) is 7.49. The van der Waals surface area contributed by atoms with E-state index < -0.39 is 18.0 Å². The molecule has 1 atom stereocenters. The van der Waals surface area contributed by atoms with Gasteiger partial charge in [-0.25, -0.2) is 4.79 Å². The van der Waals surface area contributed by atoms with Gasteiger partial charge in [0.15, 0.2) is 0 Å². The topological polar surface area (TPSA) is 95.2 Å². The number of amides is 2. The van der Waals surface area contributed by atoms with Crippen molar-refractivity contribution in [2.75, 3.05) is 0 Å². The molecular formula is C10H10BrN2O3-. The normalized spacial score (nSPS) is 11.8. The molecule has 1 rings (SSSR count). The Balaban J connectivity index is 2.90. The van der Waals surface area contributed by atoms with Crippen molar-refractivity contribution in [1.29, 1.82) is 0 Å². The molecule has 0 fully saturated rings. The Kier molecular flexibility index (Phi) is 4.30. The third kappa shape index (κ3) is 3.90. The molecule has 0 radical (unpaired) electrons. The molecule has 0 aliphatic heterocycles. The minimum absolute atomic E-state index is 0.320. The Hall–Kier alpha value is -1.56. The summed E-state index contributed by atoms with van der Waals surface area (Å²) in [6.07, 6.45) is -0.320. The number of primary amides is 1. The molecular weight excluding hydrogens is 276 g/mol. The van der Waals surface area contributed by atoms with Crippen LogP contribution >= 0.6 is 15.9 Å². The monoisotopic (exact) mass is 285 g/mol. The van der Waals surface area contributed by atoms with Crippen LogP contribution in [0.2, 0.25) is 0 Å². The van der Waals surface area contributed by atoms with Crippen molar-refractivity contribution in [3.63, 3.8) is 0 Å². The lowest BCUT2D eigenvalue weighted by atomic mass is 10.0. The van der Waals surface area contributed by atoms with Crippen LogP contribution in [0, 0.1) is 0 Å². The summed E-state index contributed by atoms with van der Waals surface area (Å²) in [4.78, 5) is 21.3. The van der Waals surface area contributed by atoms with Crippen molar-refractivity contribution in [3.05, 3.63) is 34.3 Å². The number of carboxylic acids is 1. The number of carbonyl (C=O) groups excluding carboxylic acids is 2. The first-order valence-corrected chi connectivity index (χ1v) is 5.29. The second-order valence-electron chi connectivity index (χ2n) is 3.19. The van der Waals surface area contributed by atoms with Gasteiger partial charge in [-0.15, -0.1) is 0 Å². The number of hydrogen-bond acceptors (Lipinski definition) is 3. The molecule has 0 aliphatic rings. The molecule has 86 valence electrons. The summed E-state index contributed by atoms with van der Waals surface area (Å²) < 4.78 is 0.791. The Labute approximate surface area is 101 Å². The molecule has 1 aromatic carbocycles. The van der Waals surface area contributed by atoms with Gasteiger partial charge < -0.3 is 21.0 Å². The predicted octanol–water partition coefficient (Wildman–Crippen LogP) is 0.299. The Morgan fingerprint density at radius 1 is 1.50 bits per heavy atom. The third-order valence-corrected chi connectivity index (χ3v) is 2.43. The highest BCUT2D eigenvalue weighted by molar-refractivity contribution is 9.10. The molecule has 0 aliphatic carbocycles. The maximum absolute atomic E-state index is 10.7. The highest BCUT2D eigenvalue weighted by atomic mass is 79.9. The zero-order valence-electron chi connectivity index (χ0n) is 8.27. The first kappa shape index (κ1) is 12.5. The fourth-order valence-electron chi connectivity index (χ4n) is 1.31. The number of benzene rings is 1. The van der Waals surface area contributed by atoms with Gasteiger partial charge in [0.05, 0.1) is 6.04 Å². The maximum atomic E-state index is 10.7. The minimum Gasteiger partial charge on any atom is -0.550 e. The molecule has 1 aromatic rings. The number of nitrogens with one attached hydrogen (secondary N) is 1. The van der Waals surface area contributed by atoms with E-state index in [0.29, 0.717) is 5.56 Å². The van der Waals surface area contributed by atoms with Gasteiger partial charge in [0.1, 0.15) is 0 Å². The van der Waals surface area contributed by atoms with Gasteiger partial charge in [0.2, 0.25) is 0 Å². The number of rotatable bonds is 4. The Bertz CT molecular complexity index is 393. The van der Waals surface area contributed by atoms with E-state index >= 15 is 0 Å². The molecule has 6 heteroatoms. The van der Waals surface area contributed by atoms with E-state index in [1.165, 1.54) is 0 Å². The van der Waals surface area contributed by atoms with Crippen molar-refractivity contribution < 1.29 is 14.7 Å². The summed E-state index contributed by atoms with van der Waals surface area (Å²) in [6, 6.07) is 5.50. The first-order valence-electron chi connectivity index (χ1n) is 4.50. The van der Waals surface area contributed by atoms with Crippen molar-refractivity contribution in [2.45, 2.75) is 12.5 Å². The van der Waals surface area contributed by atoms with Gasteiger partial charge in [-0.3, -0.25) is 0 Å². The molecule has 0 saturated carbocycles. The molecule has 5 nitrogen and oxygen atoms in total. The van der Waals surface area contributed by atoms with E-state index in [1.54, 1.807) is 24.3 Å². The maximum Gasteiger partial charge on any atom is 0.312 e. The van der Waals surface area contributed by atoms with E-state index in [1.807, 2.05) is 0 Å². The fourth-order valence-corrected chi connectivity index (χ4v) is 1.73. The smallest absolute Gasteiger partial charge is 0.312 e. The van der Waals surface area contributed by atoms with Crippen molar-refractivity contribution in [2.24, 2.45) is 5.73 Å². The van der Waals surface area contributed by atoms with Gasteiger partial charge in [0.25, 0.3) is 0 Å². The lowest BCUT2D eigenvalue weighted by Crippen LogP contribution is -2.37. The number of halogens is 1. The van der Waals surface area contributed by atoms with E-state index in [2.05, 4.69) is 21.2 Å². The third-order valence-electron chi connectivity index (χ3n) is 1.94. The second-order valence-corrected chi connectivity index (χ2v) is 4.11. The van der Waals surface area contributed by atoms with Crippen LogP contribution in [0.25, 0.3) is 0 Å². The van der Waals surface area contributed by atoms with E-state index in [4.69, 9.17) is 5.73 Å². The van der Waals surface area contributed by atoms with Gasteiger partial charge >= 0.3 is 6.03 Å². The summed E-state index contributed by atoms with van der Waals surface area (Å²) in [5, 5.41) is 12.9. The largest absolute Gasteiger partial charge is 0.550 e. The highest BCUT2D eigenvalue weighted by Gasteiger charge is 2.13. The number of aliphatic carboxylic acids is 1. The van der Waals surface area contributed by atoms with Crippen molar-refractivity contribution in [3.8, 4) is 0 Å². The van der Waals surface area contributed by atoms with Crippen LogP contribution in [0.4, 0.5) is 4.79 Å². The van der Waals surface area contributed by atoms with Gasteiger partial charge in [0, 0.05) is 16.9 Å². The number of nitrogens with two attached hydrogens (primary N) is 1. The standard InChI is InChI=1S/C10H11BrN2O3/c11-7-3-1-2-6(4-7)8(5-9(14)15)13-10(12)16/h1-4,8H,5H2,(H,14,15)(H3,12,13,16)/p-1/t8-/m1/s1. The van der Waals surface area contributed by atoms with Gasteiger partial charge in [-0.05, 0) is 17.7 Å². The summed E-state index contributed by atoms with van der Waals surface area (Å²) in [5.41, 5.74) is 5.62. The average Bonchev–Trinajstić information content (AvgIpc) is 2.15. The highest BCUT2D eigenvalue weighted by Crippen LogP contribution is 2.20. The van der Waals surface area contributed by atoms with Crippen LogP contribution in [-0.4, -0.2) is 12.0 Å². The Morgan fingerprint density at radius 2 is 2.19 bits per heavy atom. The van der Waals surface area contributed by atoms with Crippen LogP contribution in [0.1, 0.15) is 18.0 Å². The number of hydrogen-bond donors (Lipinski definition) is 2. The lowest BCUT2D eigenvalue weighted by molar-refractivity contribution is -0.306. The fraction of sp³-hybridized carbons (Fsp3) is 0.200. The molecule has 0 bridgehead atoms. The van der Waals surface area contributed by atoms with Crippen LogP contribution < -0.4 is 16.2 Å². The van der Waals surface area contributed by atoms with Crippen LogP contribution in [-0.2, 0) is 4.79 Å². The molecule has 0 heterocycles. The van der Waals surface area contributed by atoms with Crippen molar-refractivity contribution in [1.82, 2.24) is 5.32 Å². The number of urea groups is 1. The zero-order valence-corrected chi connectivity index (χ0v) is 9.86. The molecule has 3 N–H and O–H groups in total. The molecule has 0 unspecified atom stereocenters. The van der Waals surface area contributed by atoms with Crippen LogP contribution in [0.15, 0.2) is 28.7 Å². The molecule has 0 saturated heterocycles. The molecule has 2 amide bonds. The summed E-state index contributed by atoms with van der Waals surface area (Å²) in [6.45, 7) is 0. The van der Waals surface area contributed by atoms with E-state index in [9.17, 15) is 14.7 Å². The second kappa shape index (κ2) is 5.50. The van der Waals surface area contributed by atoms with Crippen LogP contribution in [0.3, 0.4) is 0 Å². The molecule has 16 heavy (non-hydrogen) atoms. The van der Waals surface area contributed by atoms with Crippen LogP contribution in [0.5, 0.6) is 0 Å². The van der Waals surface area contributed by atoms with E-state index in [0.717, 1.165) is 4.47 Å². The lowest BCUT2D eigenvalue weighted by Gasteiger charge is -2.18. The minimum atomic E-state index is -1.25. The average molecular weight is 286 g/mol.